The number of carbonyl (C=O) groups excluding carboxylic acids is 1. The molecule has 9 nitrogen and oxygen atoms in total. The Bertz CT molecular complexity index is 1010. The molecule has 3 aromatic rings. The van der Waals surface area contributed by atoms with Crippen LogP contribution in [0.1, 0.15) is 20.8 Å². The molecule has 1 aromatic carbocycles. The quantitative estimate of drug-likeness (QED) is 0.322. The highest BCUT2D eigenvalue weighted by Crippen LogP contribution is 2.26. The van der Waals surface area contributed by atoms with Crippen molar-refractivity contribution in [2.45, 2.75) is 20.8 Å². The fourth-order valence-corrected chi connectivity index (χ4v) is 2.71. The van der Waals surface area contributed by atoms with Gasteiger partial charge in [0.05, 0.1) is 25.9 Å². The van der Waals surface area contributed by atoms with Crippen LogP contribution in [0.15, 0.2) is 47.4 Å². The molecule has 30 heavy (non-hydrogen) atoms. The summed E-state index contributed by atoms with van der Waals surface area (Å²) in [5.74, 6) is 0.374. The van der Waals surface area contributed by atoms with Crippen molar-refractivity contribution >= 4 is 46.2 Å². The maximum absolute atomic E-state index is 11.3. The van der Waals surface area contributed by atoms with Gasteiger partial charge in [0.25, 0.3) is 5.88 Å². The maximum Gasteiger partial charge on any atom is 0.408 e. The van der Waals surface area contributed by atoms with E-state index in [0.717, 1.165) is 18.8 Å². The van der Waals surface area contributed by atoms with Gasteiger partial charge in [-0.2, -0.15) is 0 Å². The molecule has 3 rings (SSSR count). The summed E-state index contributed by atoms with van der Waals surface area (Å²) in [6.45, 7) is 10.8. The fraction of sp³-hybridized carbons (Fsp3) is 0.286. The first-order valence-electron chi connectivity index (χ1n) is 9.53. The molecule has 0 bridgehead atoms. The van der Waals surface area contributed by atoms with Gasteiger partial charge in [0.15, 0.2) is 0 Å². The van der Waals surface area contributed by atoms with Gasteiger partial charge in [0.1, 0.15) is 0 Å². The van der Waals surface area contributed by atoms with Crippen LogP contribution in [-0.2, 0) is 9.53 Å². The number of amides is 1. The van der Waals surface area contributed by atoms with E-state index in [2.05, 4.69) is 16.9 Å². The van der Waals surface area contributed by atoms with E-state index in [-0.39, 0.29) is 11.7 Å². The van der Waals surface area contributed by atoms with Crippen molar-refractivity contribution in [1.82, 2.24) is 4.98 Å². The number of benzene rings is 1. The van der Waals surface area contributed by atoms with E-state index >= 15 is 0 Å². The largest absolute Gasteiger partial charge is 0.471 e. The number of nitrogens with two attached hydrogens (primary N) is 2. The zero-order valence-electron chi connectivity index (χ0n) is 17.8. The van der Waals surface area contributed by atoms with Crippen molar-refractivity contribution in [3.8, 4) is 0 Å². The summed E-state index contributed by atoms with van der Waals surface area (Å²) in [6, 6.07) is 11.7. The first-order chi connectivity index (χ1) is 14.3. The van der Waals surface area contributed by atoms with Gasteiger partial charge >= 0.3 is 11.7 Å². The highest BCUT2D eigenvalue weighted by molar-refractivity contribution is 5.92. The van der Waals surface area contributed by atoms with Crippen LogP contribution in [0.25, 0.3) is 17.1 Å². The van der Waals surface area contributed by atoms with Gasteiger partial charge in [0.2, 0.25) is 17.3 Å². The molecular weight excluding hydrogens is 384 g/mol. The summed E-state index contributed by atoms with van der Waals surface area (Å²) in [5, 5.41) is 2.60. The second kappa shape index (κ2) is 10.1. The molecule has 5 N–H and O–H groups in total. The van der Waals surface area contributed by atoms with Crippen molar-refractivity contribution < 1.29 is 18.5 Å². The number of hydrogen-bond donors (Lipinski definition) is 3. The van der Waals surface area contributed by atoms with E-state index < -0.39 is 0 Å². The van der Waals surface area contributed by atoms with E-state index in [1.165, 1.54) is 14.0 Å². The summed E-state index contributed by atoms with van der Waals surface area (Å²) in [4.78, 5) is 17.7. The average Bonchev–Trinajstić information content (AvgIpc) is 3.07. The molecule has 2 aromatic heterocycles. The average molecular weight is 414 g/mol. The molecule has 9 heteroatoms. The molecule has 0 spiro atoms. The number of anilines is 4. The van der Waals surface area contributed by atoms with Crippen molar-refractivity contribution in [3.05, 3.63) is 43.0 Å². The number of fused-ring (bicyclic) bond motifs is 1. The molecule has 0 atom stereocenters. The van der Waals surface area contributed by atoms with E-state index in [1.807, 2.05) is 49.1 Å². The lowest BCUT2D eigenvalue weighted by Crippen LogP contribution is -2.40. The normalized spacial score (nSPS) is 10.1. The summed E-state index contributed by atoms with van der Waals surface area (Å²) in [7, 11) is 1.52. The first kappa shape index (κ1) is 22.5. The SMILES string of the molecule is C=C(OC)[n+]1c(N(CC)CC)oc2cc(N)c(NC(C)=O)nc21.Nc1ccccc1. The summed E-state index contributed by atoms with van der Waals surface area (Å²) in [6.07, 6.45) is 0. The van der Waals surface area contributed by atoms with Crippen LogP contribution in [0, 0.1) is 0 Å². The third-order valence-corrected chi connectivity index (χ3v) is 4.22. The highest BCUT2D eigenvalue weighted by atomic mass is 16.5. The zero-order valence-corrected chi connectivity index (χ0v) is 17.8. The van der Waals surface area contributed by atoms with Crippen LogP contribution in [0.3, 0.4) is 0 Å². The smallest absolute Gasteiger partial charge is 0.408 e. The Morgan fingerprint density at radius 3 is 2.37 bits per heavy atom. The molecule has 0 aliphatic carbocycles. The van der Waals surface area contributed by atoms with Gasteiger partial charge in [-0.05, 0) is 32.6 Å². The van der Waals surface area contributed by atoms with Gasteiger partial charge < -0.3 is 20.6 Å². The van der Waals surface area contributed by atoms with Gasteiger partial charge in [0, 0.05) is 18.7 Å². The number of nitrogens with zero attached hydrogens (tertiary/aromatic N) is 3. The molecule has 0 fully saturated rings. The Labute approximate surface area is 175 Å². The predicted octanol–water partition coefficient (Wildman–Crippen LogP) is 2.85. The number of nitrogen functional groups attached to an aromatic ring is 2. The molecule has 0 saturated carbocycles. The number of rotatable bonds is 6. The number of methoxy groups -OCH3 is 1. The Morgan fingerprint density at radius 1 is 1.27 bits per heavy atom. The van der Waals surface area contributed by atoms with Gasteiger partial charge in [-0.15, -0.1) is 4.57 Å². The number of aromatic nitrogens is 2. The molecule has 0 saturated heterocycles. The van der Waals surface area contributed by atoms with Crippen molar-refractivity contribution in [2.24, 2.45) is 0 Å². The lowest BCUT2D eigenvalue weighted by molar-refractivity contribution is -0.565. The van der Waals surface area contributed by atoms with Crippen LogP contribution in [-0.4, -0.2) is 31.1 Å². The number of pyridine rings is 1. The van der Waals surface area contributed by atoms with E-state index in [1.54, 1.807) is 10.6 Å². The van der Waals surface area contributed by atoms with E-state index in [0.29, 0.717) is 28.8 Å². The minimum absolute atomic E-state index is 0.256. The standard InChI is InChI=1S/C15H21N5O3.C6H7N/c1-6-19(7-2)15-20(10(4)22-5)14-12(23-15)8-11(16)13(18-14)17-9(3)21;7-6-4-2-1-3-5-6/h8H,4,6-7,16H2,1-3,5H3;1-5H,7H2/p+1. The third kappa shape index (κ3) is 5.19. The van der Waals surface area contributed by atoms with Crippen LogP contribution in [0.5, 0.6) is 0 Å². The lowest BCUT2D eigenvalue weighted by atomic mass is 10.3. The van der Waals surface area contributed by atoms with E-state index in [4.69, 9.17) is 20.6 Å². The minimum atomic E-state index is -0.256. The molecule has 160 valence electrons. The first-order valence-corrected chi connectivity index (χ1v) is 9.53. The number of ether oxygens (including phenoxy) is 1. The number of nitrogens with one attached hydrogen (secondary N) is 1. The third-order valence-electron chi connectivity index (χ3n) is 4.22. The van der Waals surface area contributed by atoms with Crippen molar-refractivity contribution in [2.75, 3.05) is 41.9 Å². The zero-order chi connectivity index (χ0) is 22.3. The molecule has 0 aliphatic rings. The molecule has 0 aliphatic heterocycles. The Balaban J connectivity index is 0.000000386. The number of carbonyl (C=O) groups is 1. The molecule has 0 unspecified atom stereocenters. The van der Waals surface area contributed by atoms with E-state index in [9.17, 15) is 4.79 Å². The molecule has 1 amide bonds. The monoisotopic (exact) mass is 413 g/mol. The summed E-state index contributed by atoms with van der Waals surface area (Å²) < 4.78 is 12.8. The van der Waals surface area contributed by atoms with Gasteiger partial charge in [-0.25, -0.2) is 0 Å². The van der Waals surface area contributed by atoms with Gasteiger partial charge in [-0.3, -0.25) is 15.0 Å². The van der Waals surface area contributed by atoms with Crippen LogP contribution in [0.2, 0.25) is 0 Å². The van der Waals surface area contributed by atoms with Crippen LogP contribution in [0.4, 0.5) is 23.2 Å². The number of para-hydroxylation sites is 1. The lowest BCUT2D eigenvalue weighted by Gasteiger charge is -2.13. The maximum atomic E-state index is 11.3. The second-order valence-electron chi connectivity index (χ2n) is 6.33. The second-order valence-corrected chi connectivity index (χ2v) is 6.33. The predicted molar refractivity (Wildman–Crippen MR) is 120 cm³/mol. The fourth-order valence-electron chi connectivity index (χ4n) is 2.71. The van der Waals surface area contributed by atoms with Crippen molar-refractivity contribution in [1.29, 1.82) is 0 Å². The molecule has 0 radical (unpaired) electrons. The van der Waals surface area contributed by atoms with Crippen molar-refractivity contribution in [3.63, 3.8) is 0 Å². The number of oxazole rings is 1. The summed E-state index contributed by atoms with van der Waals surface area (Å²) in [5.41, 5.74) is 13.4. The Hall–Kier alpha value is -3.75. The highest BCUT2D eigenvalue weighted by Gasteiger charge is 2.29. The molecule has 2 heterocycles. The topological polar surface area (TPSA) is 124 Å². The van der Waals surface area contributed by atoms with Crippen LogP contribution >= 0.6 is 0 Å². The Morgan fingerprint density at radius 2 is 1.90 bits per heavy atom. The summed E-state index contributed by atoms with van der Waals surface area (Å²) >= 11 is 0. The molecular formula is C21H29N6O3+. The Kier molecular flexibility index (Phi) is 7.62. The van der Waals surface area contributed by atoms with Gasteiger partial charge in [-0.1, -0.05) is 23.2 Å². The minimum Gasteiger partial charge on any atom is -0.471 e. The van der Waals surface area contributed by atoms with Crippen LogP contribution < -0.4 is 26.3 Å². The number of hydrogen-bond acceptors (Lipinski definition) is 7.